The fourth-order valence-electron chi connectivity index (χ4n) is 2.28. The quantitative estimate of drug-likeness (QED) is 0.625. The van der Waals surface area contributed by atoms with E-state index in [1.807, 2.05) is 6.92 Å². The Morgan fingerprint density at radius 3 is 2.54 bits per heavy atom. The van der Waals surface area contributed by atoms with Gasteiger partial charge in [-0.25, -0.2) is 0 Å². The summed E-state index contributed by atoms with van der Waals surface area (Å²) in [6.07, 6.45) is 0. The molecule has 0 aliphatic rings. The van der Waals surface area contributed by atoms with Gasteiger partial charge in [-0.05, 0) is 47.1 Å². The van der Waals surface area contributed by atoms with Gasteiger partial charge in [0, 0.05) is 16.8 Å². The van der Waals surface area contributed by atoms with Gasteiger partial charge >= 0.3 is 0 Å². The van der Waals surface area contributed by atoms with Crippen LogP contribution in [0.2, 0.25) is 5.02 Å². The molecule has 0 saturated carbocycles. The maximum absolute atomic E-state index is 12.2. The van der Waals surface area contributed by atoms with Gasteiger partial charge in [-0.15, -0.1) is 0 Å². The lowest BCUT2D eigenvalue weighted by atomic mass is 10.2. The minimum atomic E-state index is -0.226. The number of halogens is 2. The van der Waals surface area contributed by atoms with Crippen molar-refractivity contribution in [1.82, 2.24) is 0 Å². The number of rotatable bonds is 8. The van der Waals surface area contributed by atoms with E-state index < -0.39 is 0 Å². The first kappa shape index (κ1) is 20.2. The van der Waals surface area contributed by atoms with Crippen molar-refractivity contribution in [2.24, 2.45) is 0 Å². The van der Waals surface area contributed by atoms with Crippen molar-refractivity contribution in [3.8, 4) is 17.2 Å². The molecule has 0 heterocycles. The molecule has 0 unspecified atom stereocenters. The highest BCUT2D eigenvalue weighted by atomic mass is 79.9. The molecule has 2 aromatic rings. The molecule has 0 atom stereocenters. The number of amides is 1. The first-order chi connectivity index (χ1) is 12.5. The number of ether oxygens (including phenoxy) is 3. The number of benzene rings is 2. The van der Waals surface area contributed by atoms with E-state index in [2.05, 4.69) is 26.6 Å². The monoisotopic (exact) mass is 442 g/mol. The highest BCUT2D eigenvalue weighted by molar-refractivity contribution is 9.10. The Morgan fingerprint density at radius 1 is 1.15 bits per heavy atom. The zero-order valence-electron chi connectivity index (χ0n) is 14.7. The van der Waals surface area contributed by atoms with Gasteiger partial charge in [-0.3, -0.25) is 4.79 Å². The Bertz CT molecular complexity index is 786. The zero-order valence-corrected chi connectivity index (χ0v) is 17.0. The SMILES string of the molecule is CCOc1c(Br)cc(Cl)cc1NCC(=O)Nc1ccc(OC)c(OC)c1. The van der Waals surface area contributed by atoms with Crippen molar-refractivity contribution < 1.29 is 19.0 Å². The van der Waals surface area contributed by atoms with E-state index in [9.17, 15) is 4.79 Å². The molecule has 0 aliphatic carbocycles. The minimum absolute atomic E-state index is 0.0429. The molecule has 0 fully saturated rings. The van der Waals surface area contributed by atoms with Crippen LogP contribution >= 0.6 is 27.5 Å². The molecule has 1 amide bonds. The van der Waals surface area contributed by atoms with Crippen LogP contribution in [0.15, 0.2) is 34.8 Å². The number of carbonyl (C=O) groups excluding carboxylic acids is 1. The van der Waals surface area contributed by atoms with Gasteiger partial charge in [0.05, 0.1) is 37.5 Å². The molecule has 0 radical (unpaired) electrons. The molecule has 0 saturated heterocycles. The molecule has 0 aromatic heterocycles. The van der Waals surface area contributed by atoms with Crippen LogP contribution < -0.4 is 24.8 Å². The molecule has 0 spiro atoms. The lowest BCUT2D eigenvalue weighted by molar-refractivity contribution is -0.114. The normalized spacial score (nSPS) is 10.2. The van der Waals surface area contributed by atoms with Gasteiger partial charge < -0.3 is 24.8 Å². The smallest absolute Gasteiger partial charge is 0.243 e. The van der Waals surface area contributed by atoms with Crippen LogP contribution in [0.1, 0.15) is 6.92 Å². The maximum Gasteiger partial charge on any atom is 0.243 e. The predicted molar refractivity (Wildman–Crippen MR) is 107 cm³/mol. The van der Waals surface area contributed by atoms with Gasteiger partial charge in [-0.1, -0.05) is 11.6 Å². The Kier molecular flexibility index (Phi) is 7.41. The van der Waals surface area contributed by atoms with Crippen molar-refractivity contribution in [3.63, 3.8) is 0 Å². The number of nitrogens with one attached hydrogen (secondary N) is 2. The van der Waals surface area contributed by atoms with Crippen molar-refractivity contribution >= 4 is 44.8 Å². The molecule has 8 heteroatoms. The van der Waals surface area contributed by atoms with Crippen LogP contribution in [0.25, 0.3) is 0 Å². The van der Waals surface area contributed by atoms with E-state index >= 15 is 0 Å². The third-order valence-electron chi connectivity index (χ3n) is 3.40. The second-order valence-corrected chi connectivity index (χ2v) is 6.46. The van der Waals surface area contributed by atoms with Crippen LogP contribution in [-0.2, 0) is 4.79 Å². The van der Waals surface area contributed by atoms with E-state index in [1.165, 1.54) is 7.11 Å². The molecular weight excluding hydrogens is 424 g/mol. The summed E-state index contributed by atoms with van der Waals surface area (Å²) in [5.74, 6) is 1.51. The van der Waals surface area contributed by atoms with Crippen molar-refractivity contribution in [2.45, 2.75) is 6.92 Å². The van der Waals surface area contributed by atoms with Crippen molar-refractivity contribution in [3.05, 3.63) is 39.8 Å². The van der Waals surface area contributed by atoms with Crippen molar-refractivity contribution in [1.29, 1.82) is 0 Å². The second kappa shape index (κ2) is 9.54. The lowest BCUT2D eigenvalue weighted by Crippen LogP contribution is -2.22. The average Bonchev–Trinajstić information content (AvgIpc) is 2.62. The van der Waals surface area contributed by atoms with Crippen molar-refractivity contribution in [2.75, 3.05) is 38.0 Å². The number of hydrogen-bond acceptors (Lipinski definition) is 5. The second-order valence-electron chi connectivity index (χ2n) is 5.17. The number of hydrogen-bond donors (Lipinski definition) is 2. The summed E-state index contributed by atoms with van der Waals surface area (Å²) in [5, 5.41) is 6.37. The Hall–Kier alpha value is -2.12. The number of carbonyl (C=O) groups is 1. The van der Waals surface area contributed by atoms with E-state index in [0.717, 1.165) is 4.47 Å². The molecule has 26 heavy (non-hydrogen) atoms. The molecule has 6 nitrogen and oxygen atoms in total. The fourth-order valence-corrected chi connectivity index (χ4v) is 3.20. The molecule has 2 rings (SSSR count). The van der Waals surface area contributed by atoms with Crippen LogP contribution in [0.5, 0.6) is 17.2 Å². The third-order valence-corrected chi connectivity index (χ3v) is 4.21. The summed E-state index contributed by atoms with van der Waals surface area (Å²) in [7, 11) is 3.09. The summed E-state index contributed by atoms with van der Waals surface area (Å²) < 4.78 is 16.7. The molecule has 0 aliphatic heterocycles. The standard InChI is InChI=1S/C18H20BrClN2O4/c1-4-26-18-13(19)7-11(20)8-14(18)21-10-17(23)22-12-5-6-15(24-2)16(9-12)25-3/h5-9,21H,4,10H2,1-3H3,(H,22,23). The Labute approximate surface area is 165 Å². The summed E-state index contributed by atoms with van der Waals surface area (Å²) in [4.78, 5) is 12.2. The van der Waals surface area contributed by atoms with Gasteiger partial charge in [-0.2, -0.15) is 0 Å². The maximum atomic E-state index is 12.2. The van der Waals surface area contributed by atoms with E-state index in [0.29, 0.717) is 40.3 Å². The fraction of sp³-hybridized carbons (Fsp3) is 0.278. The van der Waals surface area contributed by atoms with E-state index in [-0.39, 0.29) is 12.5 Å². The molecule has 140 valence electrons. The molecule has 0 bridgehead atoms. The van der Waals surface area contributed by atoms with Crippen LogP contribution in [0.3, 0.4) is 0 Å². The van der Waals surface area contributed by atoms with Gasteiger partial charge in [0.25, 0.3) is 0 Å². The largest absolute Gasteiger partial charge is 0.493 e. The van der Waals surface area contributed by atoms with Crippen LogP contribution in [0.4, 0.5) is 11.4 Å². The number of methoxy groups -OCH3 is 2. The first-order valence-electron chi connectivity index (χ1n) is 7.86. The third kappa shape index (κ3) is 5.19. The molecule has 2 aromatic carbocycles. The lowest BCUT2D eigenvalue weighted by Gasteiger charge is -2.15. The summed E-state index contributed by atoms with van der Waals surface area (Å²) in [5.41, 5.74) is 1.24. The predicted octanol–water partition coefficient (Wildman–Crippen LogP) is 4.57. The summed E-state index contributed by atoms with van der Waals surface area (Å²) >= 11 is 9.49. The highest BCUT2D eigenvalue weighted by Crippen LogP contribution is 2.36. The average molecular weight is 444 g/mol. The first-order valence-corrected chi connectivity index (χ1v) is 9.03. The van der Waals surface area contributed by atoms with Crippen LogP contribution in [0, 0.1) is 0 Å². The summed E-state index contributed by atoms with van der Waals surface area (Å²) in [6.45, 7) is 2.42. The highest BCUT2D eigenvalue weighted by Gasteiger charge is 2.12. The molecule has 2 N–H and O–H groups in total. The van der Waals surface area contributed by atoms with Crippen LogP contribution in [-0.4, -0.2) is 33.3 Å². The zero-order chi connectivity index (χ0) is 19.1. The van der Waals surface area contributed by atoms with E-state index in [4.69, 9.17) is 25.8 Å². The van der Waals surface area contributed by atoms with Gasteiger partial charge in [0.1, 0.15) is 0 Å². The topological polar surface area (TPSA) is 68.8 Å². The van der Waals surface area contributed by atoms with E-state index in [1.54, 1.807) is 37.4 Å². The number of anilines is 2. The Balaban J connectivity index is 2.05. The minimum Gasteiger partial charge on any atom is -0.493 e. The Morgan fingerprint density at radius 2 is 1.88 bits per heavy atom. The molecular formula is C18H20BrClN2O4. The van der Waals surface area contributed by atoms with Gasteiger partial charge in [0.15, 0.2) is 17.2 Å². The van der Waals surface area contributed by atoms with Gasteiger partial charge in [0.2, 0.25) is 5.91 Å². The summed E-state index contributed by atoms with van der Waals surface area (Å²) in [6, 6.07) is 8.60.